The van der Waals surface area contributed by atoms with Gasteiger partial charge in [-0.1, -0.05) is 58.8 Å². The molecule has 0 aliphatic carbocycles. The van der Waals surface area contributed by atoms with Crippen molar-refractivity contribution in [3.63, 3.8) is 0 Å². The average Bonchev–Trinajstić information content (AvgIpc) is 1.97. The monoisotopic (exact) mass is 129 g/mol. The lowest BCUT2D eigenvalue weighted by Gasteiger charge is -1.96. The van der Waals surface area contributed by atoms with Gasteiger partial charge in [-0.3, -0.25) is 0 Å². The van der Waals surface area contributed by atoms with Crippen molar-refractivity contribution in [1.82, 2.24) is 0 Å². The van der Waals surface area contributed by atoms with E-state index in [0.29, 0.717) is 0 Å². The standard InChI is InChI=1S/C9H20/c1-3-5-7-9-8-6-4-2/h3-9H2,1-2H3/i9D. The minimum Gasteiger partial charge on any atom is -0.0654 e. The van der Waals surface area contributed by atoms with Gasteiger partial charge in [0.25, 0.3) is 0 Å². The van der Waals surface area contributed by atoms with Crippen molar-refractivity contribution in [1.29, 1.82) is 0 Å². The number of rotatable bonds is 6. The zero-order chi connectivity index (χ0) is 7.82. The maximum absolute atomic E-state index is 7.58. The molecule has 9 heavy (non-hydrogen) atoms. The van der Waals surface area contributed by atoms with Crippen molar-refractivity contribution in [3.05, 3.63) is 0 Å². The van der Waals surface area contributed by atoms with E-state index < -0.39 is 0 Å². The van der Waals surface area contributed by atoms with Crippen LogP contribution in [0.15, 0.2) is 0 Å². The molecule has 0 amide bonds. The van der Waals surface area contributed by atoms with E-state index in [0.717, 1.165) is 12.8 Å². The molecule has 0 fully saturated rings. The average molecular weight is 129 g/mol. The van der Waals surface area contributed by atoms with Crippen LogP contribution in [-0.4, -0.2) is 0 Å². The van der Waals surface area contributed by atoms with Gasteiger partial charge < -0.3 is 0 Å². The first-order valence-electron chi connectivity index (χ1n) is 4.81. The van der Waals surface area contributed by atoms with Crippen molar-refractivity contribution >= 4 is 0 Å². The van der Waals surface area contributed by atoms with Gasteiger partial charge in [-0.15, -0.1) is 0 Å². The van der Waals surface area contributed by atoms with Crippen molar-refractivity contribution in [3.8, 4) is 0 Å². The molecule has 0 aromatic rings. The van der Waals surface area contributed by atoms with Crippen molar-refractivity contribution < 1.29 is 1.37 Å². The van der Waals surface area contributed by atoms with E-state index in [1.54, 1.807) is 0 Å². The van der Waals surface area contributed by atoms with Crippen LogP contribution < -0.4 is 0 Å². The SMILES string of the molecule is [2H]C(CCCC)CCCC. The fourth-order valence-electron chi connectivity index (χ4n) is 0.841. The van der Waals surface area contributed by atoms with Crippen LogP contribution >= 0.6 is 0 Å². The van der Waals surface area contributed by atoms with E-state index >= 15 is 0 Å². The molecule has 0 spiro atoms. The van der Waals surface area contributed by atoms with Crippen LogP contribution in [0.2, 0.25) is 0 Å². The van der Waals surface area contributed by atoms with Crippen LogP contribution in [0.25, 0.3) is 0 Å². The molecule has 0 bridgehead atoms. The Kier molecular flexibility index (Phi) is 6.32. The van der Waals surface area contributed by atoms with Crippen LogP contribution in [0.4, 0.5) is 0 Å². The lowest BCUT2D eigenvalue weighted by atomic mass is 10.1. The number of unbranched alkanes of at least 4 members (excludes halogenated alkanes) is 2. The van der Waals surface area contributed by atoms with E-state index in [2.05, 4.69) is 13.8 Å². The van der Waals surface area contributed by atoms with Gasteiger partial charge in [-0.25, -0.2) is 0 Å². The Morgan fingerprint density at radius 1 is 0.889 bits per heavy atom. The zero-order valence-corrected chi connectivity index (χ0v) is 6.82. The second-order valence-corrected chi connectivity index (χ2v) is 2.57. The highest BCUT2D eigenvalue weighted by Crippen LogP contribution is 2.05. The first-order chi connectivity index (χ1) is 4.81. The summed E-state index contributed by atoms with van der Waals surface area (Å²) >= 11 is 0. The van der Waals surface area contributed by atoms with Gasteiger partial charge in [-0.2, -0.15) is 0 Å². The smallest absolute Gasteiger partial charge is 0.0267 e. The molecule has 0 rings (SSSR count). The van der Waals surface area contributed by atoms with E-state index in [4.69, 9.17) is 1.37 Å². The van der Waals surface area contributed by atoms with Gasteiger partial charge >= 0.3 is 0 Å². The highest BCUT2D eigenvalue weighted by atomic mass is 13.9. The largest absolute Gasteiger partial charge is 0.0654 e. The Hall–Kier alpha value is 0. The minimum absolute atomic E-state index is 0.222. The van der Waals surface area contributed by atoms with Gasteiger partial charge in [0.2, 0.25) is 0 Å². The third-order valence-corrected chi connectivity index (χ3v) is 1.52. The summed E-state index contributed by atoms with van der Waals surface area (Å²) in [4.78, 5) is 0. The maximum Gasteiger partial charge on any atom is 0.0267 e. The Labute approximate surface area is 61.1 Å². The van der Waals surface area contributed by atoms with Crippen LogP contribution in [-0.2, 0) is 0 Å². The molecule has 56 valence electrons. The molecule has 0 atom stereocenters. The van der Waals surface area contributed by atoms with Gasteiger partial charge in [-0.05, 0) is 0 Å². The van der Waals surface area contributed by atoms with Crippen LogP contribution in [0, 0.1) is 0 Å². The van der Waals surface area contributed by atoms with Gasteiger partial charge in [0.1, 0.15) is 0 Å². The summed E-state index contributed by atoms with van der Waals surface area (Å²) < 4.78 is 7.58. The normalized spacial score (nSPS) is 12.1. The second kappa shape index (κ2) is 8.00. The molecule has 0 unspecified atom stereocenters. The third kappa shape index (κ3) is 8.00. The predicted octanol–water partition coefficient (Wildman–Crippen LogP) is 3.76. The molecular formula is C9H20. The molecule has 0 heterocycles. The summed E-state index contributed by atoms with van der Waals surface area (Å²) in [5.41, 5.74) is 0. The van der Waals surface area contributed by atoms with Crippen molar-refractivity contribution in [2.24, 2.45) is 0 Å². The minimum atomic E-state index is 0.222. The van der Waals surface area contributed by atoms with E-state index in [-0.39, 0.29) is 6.40 Å². The van der Waals surface area contributed by atoms with Crippen molar-refractivity contribution in [2.75, 3.05) is 0 Å². The maximum atomic E-state index is 7.58. The summed E-state index contributed by atoms with van der Waals surface area (Å²) in [5, 5.41) is 0. The Morgan fingerprint density at radius 3 is 1.67 bits per heavy atom. The Balaban J connectivity index is 3.00. The third-order valence-electron chi connectivity index (χ3n) is 1.52. The van der Waals surface area contributed by atoms with Gasteiger partial charge in [0, 0.05) is 1.37 Å². The van der Waals surface area contributed by atoms with E-state index in [1.165, 1.54) is 25.7 Å². The fraction of sp³-hybridized carbons (Fsp3) is 1.00. The summed E-state index contributed by atoms with van der Waals surface area (Å²) in [6.45, 7) is 4.37. The van der Waals surface area contributed by atoms with Crippen LogP contribution in [0.5, 0.6) is 0 Å². The second-order valence-electron chi connectivity index (χ2n) is 2.57. The van der Waals surface area contributed by atoms with E-state index in [1.807, 2.05) is 0 Å². The summed E-state index contributed by atoms with van der Waals surface area (Å²) in [5.74, 6) is 0. The van der Waals surface area contributed by atoms with Crippen molar-refractivity contribution in [2.45, 2.75) is 58.8 Å². The summed E-state index contributed by atoms with van der Waals surface area (Å²) in [7, 11) is 0. The molecule has 0 aromatic carbocycles. The molecule has 0 aliphatic rings. The van der Waals surface area contributed by atoms with E-state index in [9.17, 15) is 0 Å². The highest BCUT2D eigenvalue weighted by molar-refractivity contribution is 4.41. The molecule has 0 aromatic heterocycles. The van der Waals surface area contributed by atoms with Gasteiger partial charge in [0.05, 0.1) is 0 Å². The van der Waals surface area contributed by atoms with Crippen LogP contribution in [0.1, 0.15) is 60.1 Å². The topological polar surface area (TPSA) is 0 Å². The lowest BCUT2D eigenvalue weighted by Crippen LogP contribution is -1.76. The number of hydrogen-bond acceptors (Lipinski definition) is 0. The molecule has 0 aliphatic heterocycles. The molecule has 0 radical (unpaired) electrons. The quantitative estimate of drug-likeness (QED) is 0.512. The zero-order valence-electron chi connectivity index (χ0n) is 7.82. The first-order valence-corrected chi connectivity index (χ1v) is 4.23. The number of hydrogen-bond donors (Lipinski definition) is 0. The molecular weight excluding hydrogens is 108 g/mol. The predicted molar refractivity (Wildman–Crippen MR) is 43.7 cm³/mol. The lowest BCUT2D eigenvalue weighted by molar-refractivity contribution is 0.602. The first kappa shape index (κ1) is 7.11. The molecule has 0 N–H and O–H groups in total. The fourth-order valence-corrected chi connectivity index (χ4v) is 0.841. The summed E-state index contributed by atoms with van der Waals surface area (Å²) in [6.07, 6.45) is 7.38. The van der Waals surface area contributed by atoms with Crippen LogP contribution in [0.3, 0.4) is 0 Å². The molecule has 0 nitrogen and oxygen atoms in total. The molecule has 0 heteroatoms. The molecule has 0 saturated heterocycles. The van der Waals surface area contributed by atoms with Gasteiger partial charge in [0.15, 0.2) is 0 Å². The summed E-state index contributed by atoms with van der Waals surface area (Å²) in [6, 6.07) is 0. The Morgan fingerprint density at radius 2 is 1.33 bits per heavy atom. The molecule has 0 saturated carbocycles. The Bertz CT molecular complexity index is 53.7. The highest BCUT2D eigenvalue weighted by Gasteiger charge is 1.85.